The number of aliphatic hydroxyl groups is 4. The molecular formula is C24H44O7. The van der Waals surface area contributed by atoms with Gasteiger partial charge in [0.05, 0.1) is 6.61 Å². The Morgan fingerprint density at radius 2 is 1.32 bits per heavy atom. The van der Waals surface area contributed by atoms with Crippen molar-refractivity contribution in [1.29, 1.82) is 0 Å². The van der Waals surface area contributed by atoms with Crippen LogP contribution in [0.4, 0.5) is 0 Å². The molecule has 7 heteroatoms. The zero-order valence-corrected chi connectivity index (χ0v) is 19.2. The second kappa shape index (κ2) is 20.6. The van der Waals surface area contributed by atoms with Gasteiger partial charge < -0.3 is 25.2 Å². The Hall–Kier alpha value is -1.28. The minimum Gasteiger partial charge on any atom is -0.452 e. The topological polar surface area (TPSA) is 124 Å². The van der Waals surface area contributed by atoms with Gasteiger partial charge in [-0.1, -0.05) is 70.4 Å². The standard InChI is InChI=1S/C24H44O7/c1-2-3-4-5-6-7-8-9-10-11-12-13-14-15-16-17-22(28)31-21(19-26)24(30)23(29)20(27)18-25/h9-10,19-21,23-25,27,29-30H,2-8,11-18H2,1H3/t20-,21+,23-,24-/m1/s1. The molecule has 0 aromatic carbocycles. The number of unbranched alkanes of at least 4 members (excludes halogenated alkanes) is 11. The van der Waals surface area contributed by atoms with Gasteiger partial charge in [-0.25, -0.2) is 0 Å². The van der Waals surface area contributed by atoms with Gasteiger partial charge in [0.2, 0.25) is 0 Å². The van der Waals surface area contributed by atoms with Gasteiger partial charge in [0, 0.05) is 6.42 Å². The molecule has 0 bridgehead atoms. The molecule has 7 nitrogen and oxygen atoms in total. The summed E-state index contributed by atoms with van der Waals surface area (Å²) in [6, 6.07) is 0. The molecule has 0 fully saturated rings. The molecule has 182 valence electrons. The van der Waals surface area contributed by atoms with Crippen LogP contribution in [0.2, 0.25) is 0 Å². The first-order valence-corrected chi connectivity index (χ1v) is 11.9. The lowest BCUT2D eigenvalue weighted by atomic mass is 10.0. The van der Waals surface area contributed by atoms with Crippen LogP contribution in [0, 0.1) is 0 Å². The molecular weight excluding hydrogens is 400 g/mol. The van der Waals surface area contributed by atoms with Crippen LogP contribution in [0.3, 0.4) is 0 Å². The summed E-state index contributed by atoms with van der Waals surface area (Å²) < 4.78 is 4.88. The van der Waals surface area contributed by atoms with E-state index in [1.54, 1.807) is 0 Å². The van der Waals surface area contributed by atoms with E-state index in [0.717, 1.165) is 32.1 Å². The molecule has 0 aliphatic carbocycles. The molecule has 0 saturated heterocycles. The Morgan fingerprint density at radius 3 is 1.84 bits per heavy atom. The van der Waals surface area contributed by atoms with Crippen LogP contribution in [0.5, 0.6) is 0 Å². The summed E-state index contributed by atoms with van der Waals surface area (Å²) in [6.07, 6.45) is 13.0. The third kappa shape index (κ3) is 16.1. The number of ether oxygens (including phenoxy) is 1. The molecule has 31 heavy (non-hydrogen) atoms. The third-order valence-electron chi connectivity index (χ3n) is 5.31. The minimum absolute atomic E-state index is 0.119. The molecule has 0 heterocycles. The van der Waals surface area contributed by atoms with E-state index in [-0.39, 0.29) is 12.7 Å². The molecule has 0 unspecified atom stereocenters. The van der Waals surface area contributed by atoms with Gasteiger partial charge in [0.1, 0.15) is 18.3 Å². The molecule has 0 amide bonds. The highest BCUT2D eigenvalue weighted by Crippen LogP contribution is 2.12. The molecule has 0 radical (unpaired) electrons. The Kier molecular flexibility index (Phi) is 19.8. The summed E-state index contributed by atoms with van der Waals surface area (Å²) in [5.74, 6) is -0.639. The Labute approximate surface area is 187 Å². The highest BCUT2D eigenvalue weighted by molar-refractivity contribution is 5.72. The Morgan fingerprint density at radius 1 is 0.806 bits per heavy atom. The van der Waals surface area contributed by atoms with Crippen LogP contribution < -0.4 is 0 Å². The maximum Gasteiger partial charge on any atom is 0.306 e. The van der Waals surface area contributed by atoms with E-state index in [2.05, 4.69) is 19.1 Å². The zero-order chi connectivity index (χ0) is 23.3. The van der Waals surface area contributed by atoms with Crippen molar-refractivity contribution in [3.63, 3.8) is 0 Å². The number of aliphatic hydroxyl groups excluding tert-OH is 4. The van der Waals surface area contributed by atoms with Crippen molar-refractivity contribution < 1.29 is 34.8 Å². The molecule has 4 N–H and O–H groups in total. The number of carbonyl (C=O) groups excluding carboxylic acids is 2. The summed E-state index contributed by atoms with van der Waals surface area (Å²) in [5.41, 5.74) is 0. The largest absolute Gasteiger partial charge is 0.452 e. The van der Waals surface area contributed by atoms with Crippen molar-refractivity contribution in [1.82, 2.24) is 0 Å². The fourth-order valence-corrected chi connectivity index (χ4v) is 3.26. The molecule has 0 rings (SSSR count). The number of hydrogen-bond acceptors (Lipinski definition) is 7. The monoisotopic (exact) mass is 444 g/mol. The SMILES string of the molecule is CCCCCCCCC=CCCCCCCCC(=O)O[C@@H](C=O)[C@@H](O)[C@H](O)[C@H](O)CO. The second-order valence-electron chi connectivity index (χ2n) is 8.16. The first-order valence-electron chi connectivity index (χ1n) is 11.9. The smallest absolute Gasteiger partial charge is 0.306 e. The lowest BCUT2D eigenvalue weighted by Crippen LogP contribution is -2.48. The number of hydrogen-bond donors (Lipinski definition) is 4. The van der Waals surface area contributed by atoms with Gasteiger partial charge in [-0.3, -0.25) is 9.59 Å². The number of allylic oxidation sites excluding steroid dienone is 2. The van der Waals surface area contributed by atoms with Crippen LogP contribution in [0.25, 0.3) is 0 Å². The average Bonchev–Trinajstić information content (AvgIpc) is 2.78. The summed E-state index contributed by atoms with van der Waals surface area (Å²) in [6.45, 7) is 1.45. The van der Waals surface area contributed by atoms with E-state index in [9.17, 15) is 24.9 Å². The maximum atomic E-state index is 11.8. The van der Waals surface area contributed by atoms with E-state index in [0.29, 0.717) is 6.42 Å². The van der Waals surface area contributed by atoms with Gasteiger partial charge in [-0.15, -0.1) is 0 Å². The number of esters is 1. The fourth-order valence-electron chi connectivity index (χ4n) is 3.26. The van der Waals surface area contributed by atoms with E-state index < -0.39 is 37.0 Å². The van der Waals surface area contributed by atoms with E-state index in [1.807, 2.05) is 0 Å². The second-order valence-corrected chi connectivity index (χ2v) is 8.16. The lowest BCUT2D eigenvalue weighted by Gasteiger charge is -2.25. The van der Waals surface area contributed by atoms with Crippen molar-refractivity contribution in [3.05, 3.63) is 12.2 Å². The quantitative estimate of drug-likeness (QED) is 0.0927. The molecule has 0 aliphatic rings. The lowest BCUT2D eigenvalue weighted by molar-refractivity contribution is -0.168. The normalized spacial score (nSPS) is 15.5. The molecule has 0 aliphatic heterocycles. The predicted octanol–water partition coefficient (Wildman–Crippen LogP) is 3.21. The van der Waals surface area contributed by atoms with Crippen molar-refractivity contribution in [2.45, 2.75) is 121 Å². The average molecular weight is 445 g/mol. The van der Waals surface area contributed by atoms with Crippen LogP contribution in [0.1, 0.15) is 96.8 Å². The van der Waals surface area contributed by atoms with Crippen LogP contribution in [-0.2, 0) is 14.3 Å². The van der Waals surface area contributed by atoms with Crippen LogP contribution in [0.15, 0.2) is 12.2 Å². The fraction of sp³-hybridized carbons (Fsp3) is 0.833. The molecule has 0 saturated carbocycles. The van der Waals surface area contributed by atoms with Crippen molar-refractivity contribution >= 4 is 12.3 Å². The van der Waals surface area contributed by atoms with Gasteiger partial charge in [-0.2, -0.15) is 0 Å². The Bertz CT molecular complexity index is 467. The van der Waals surface area contributed by atoms with E-state index >= 15 is 0 Å². The third-order valence-corrected chi connectivity index (χ3v) is 5.31. The van der Waals surface area contributed by atoms with Gasteiger partial charge in [-0.05, 0) is 32.1 Å². The number of aldehydes is 1. The minimum atomic E-state index is -1.79. The number of carbonyl (C=O) groups is 2. The first-order chi connectivity index (χ1) is 15.0. The van der Waals surface area contributed by atoms with E-state index in [1.165, 1.54) is 44.9 Å². The first kappa shape index (κ1) is 29.7. The summed E-state index contributed by atoms with van der Waals surface area (Å²) in [4.78, 5) is 22.8. The summed E-state index contributed by atoms with van der Waals surface area (Å²) in [7, 11) is 0. The van der Waals surface area contributed by atoms with Gasteiger partial charge >= 0.3 is 5.97 Å². The molecule has 0 spiro atoms. The van der Waals surface area contributed by atoms with Crippen molar-refractivity contribution in [2.75, 3.05) is 6.61 Å². The zero-order valence-electron chi connectivity index (χ0n) is 19.2. The van der Waals surface area contributed by atoms with Crippen molar-refractivity contribution in [3.8, 4) is 0 Å². The molecule has 4 atom stereocenters. The number of rotatable bonds is 21. The summed E-state index contributed by atoms with van der Waals surface area (Å²) in [5, 5.41) is 37.5. The molecule has 0 aromatic heterocycles. The molecule has 0 aromatic rings. The highest BCUT2D eigenvalue weighted by atomic mass is 16.6. The maximum absolute atomic E-state index is 11.8. The van der Waals surface area contributed by atoms with Gasteiger partial charge in [0.15, 0.2) is 12.4 Å². The van der Waals surface area contributed by atoms with Crippen LogP contribution in [-0.4, -0.2) is 63.7 Å². The van der Waals surface area contributed by atoms with Crippen molar-refractivity contribution in [2.24, 2.45) is 0 Å². The van der Waals surface area contributed by atoms with E-state index in [4.69, 9.17) is 9.84 Å². The van der Waals surface area contributed by atoms with Crippen LogP contribution >= 0.6 is 0 Å². The summed E-state index contributed by atoms with van der Waals surface area (Å²) >= 11 is 0. The Balaban J connectivity index is 3.70. The highest BCUT2D eigenvalue weighted by Gasteiger charge is 2.33. The van der Waals surface area contributed by atoms with Gasteiger partial charge in [0.25, 0.3) is 0 Å². The predicted molar refractivity (Wildman–Crippen MR) is 121 cm³/mol.